The van der Waals surface area contributed by atoms with E-state index in [4.69, 9.17) is 20.8 Å². The second-order valence-electron chi connectivity index (χ2n) is 22.1. The van der Waals surface area contributed by atoms with Gasteiger partial charge < -0.3 is 19.1 Å². The van der Waals surface area contributed by atoms with Crippen LogP contribution in [-0.2, 0) is 15.9 Å². The molecular weight excluding hydrogens is 1070 g/mol. The third-order valence-corrected chi connectivity index (χ3v) is 23.5. The Labute approximate surface area is 480 Å². The number of nitriles is 2. The minimum Gasteiger partial charge on any atom is -0.493 e. The standard InChI is InChI=1S/C64H72N4O3S6/c1-10-14-18-22-32-63(33-23-19-15-11-2)48-56-57(76-58(48)60-52(70-63)54-45(74-60)36-43(72-54)31-28-40-26-29-42(30-27-40)68(8)9)49-59(77-56)61-53(71-64(49,34-24-20-16-12-3)35-25-21-17-13-4)55-46(75-61)37-44(73-55)47-50(67-7)51(41(38-65)39-66)69-62(47,5)6/h26-31,36-37H,10-25,32-35H2,1-6,8-9H3/b31-28+. The van der Waals surface area contributed by atoms with E-state index in [1.54, 1.807) is 11.3 Å². The number of hydrogen-bond acceptors (Lipinski definition) is 12. The van der Waals surface area contributed by atoms with E-state index in [9.17, 15) is 10.5 Å². The van der Waals surface area contributed by atoms with Gasteiger partial charge in [-0.2, -0.15) is 10.5 Å². The van der Waals surface area contributed by atoms with Crippen LogP contribution in [0, 0.1) is 29.2 Å². The van der Waals surface area contributed by atoms with Crippen LogP contribution in [0.2, 0.25) is 0 Å². The molecule has 0 aliphatic carbocycles. The van der Waals surface area contributed by atoms with Crippen molar-refractivity contribution in [3.8, 4) is 43.1 Å². The van der Waals surface area contributed by atoms with Crippen LogP contribution in [0.3, 0.4) is 0 Å². The monoisotopic (exact) mass is 1140 g/mol. The van der Waals surface area contributed by atoms with Gasteiger partial charge in [0.15, 0.2) is 22.8 Å². The van der Waals surface area contributed by atoms with Gasteiger partial charge in [0.05, 0.1) is 54.3 Å². The highest BCUT2D eigenvalue weighted by Crippen LogP contribution is 2.68. The Kier molecular flexibility index (Phi) is 16.9. The maximum absolute atomic E-state index is 9.88. The van der Waals surface area contributed by atoms with Gasteiger partial charge in [0.2, 0.25) is 5.70 Å². The quantitative estimate of drug-likeness (QED) is 0.0341. The maximum Gasteiger partial charge on any atom is 0.238 e. The summed E-state index contributed by atoms with van der Waals surface area (Å²) in [5.74, 6) is 2.17. The van der Waals surface area contributed by atoms with Crippen molar-refractivity contribution in [1.82, 2.24) is 0 Å². The van der Waals surface area contributed by atoms with E-state index in [2.05, 4.69) is 100 Å². The molecule has 10 rings (SSSR count). The van der Waals surface area contributed by atoms with Gasteiger partial charge in [0.1, 0.15) is 28.9 Å². The lowest BCUT2D eigenvalue weighted by molar-refractivity contribution is 0.0422. The summed E-state index contributed by atoms with van der Waals surface area (Å²) in [5, 5.41) is 19.8. The zero-order chi connectivity index (χ0) is 54.1. The summed E-state index contributed by atoms with van der Waals surface area (Å²) >= 11 is 11.3. The molecular formula is C64H72N4O3S6. The van der Waals surface area contributed by atoms with E-state index in [0.717, 1.165) is 82.7 Å². The third kappa shape index (κ3) is 10.3. The first kappa shape index (κ1) is 55.4. The van der Waals surface area contributed by atoms with Crippen molar-refractivity contribution in [3.05, 3.63) is 91.3 Å². The lowest BCUT2D eigenvalue weighted by Crippen LogP contribution is -2.35. The molecule has 0 spiro atoms. The molecule has 13 heteroatoms. The molecule has 0 atom stereocenters. The summed E-state index contributed by atoms with van der Waals surface area (Å²) in [6.45, 7) is 21.4. The van der Waals surface area contributed by atoms with Crippen molar-refractivity contribution >= 4 is 120 Å². The van der Waals surface area contributed by atoms with Gasteiger partial charge in [0, 0.05) is 46.2 Å². The Morgan fingerprint density at radius 2 is 1.06 bits per heavy atom. The Balaban J connectivity index is 1.18. The number of anilines is 1. The second kappa shape index (κ2) is 23.4. The number of ether oxygens (including phenoxy) is 3. The minimum absolute atomic E-state index is 0.0786. The van der Waals surface area contributed by atoms with Crippen LogP contribution in [-0.4, -0.2) is 19.7 Å². The van der Waals surface area contributed by atoms with Crippen molar-refractivity contribution in [2.24, 2.45) is 0 Å². The highest BCUT2D eigenvalue weighted by Gasteiger charge is 2.51. The Hall–Kier alpha value is -4.91. The fourth-order valence-electron chi connectivity index (χ4n) is 12.0. The molecule has 0 saturated carbocycles. The summed E-state index contributed by atoms with van der Waals surface area (Å²) in [4.78, 5) is 13.5. The molecule has 402 valence electrons. The zero-order valence-corrected chi connectivity index (χ0v) is 51.1. The number of thiophene rings is 6. The van der Waals surface area contributed by atoms with Crippen LogP contribution in [0.15, 0.2) is 53.4 Å². The topological polar surface area (TPSA) is 82.9 Å². The smallest absolute Gasteiger partial charge is 0.238 e. The summed E-state index contributed by atoms with van der Waals surface area (Å²) in [5.41, 5.74) is 4.17. The number of rotatable bonds is 24. The van der Waals surface area contributed by atoms with Gasteiger partial charge in [-0.1, -0.05) is 123 Å². The Morgan fingerprint density at radius 3 is 1.52 bits per heavy atom. The molecule has 0 saturated heterocycles. The number of allylic oxidation sites excluding steroid dienone is 1. The number of nitrogens with zero attached hydrogens (tertiary/aromatic N) is 4. The van der Waals surface area contributed by atoms with Crippen molar-refractivity contribution in [2.75, 3.05) is 19.0 Å². The van der Waals surface area contributed by atoms with E-state index < -0.39 is 16.8 Å². The highest BCUT2D eigenvalue weighted by molar-refractivity contribution is 7.37. The first-order valence-electron chi connectivity index (χ1n) is 28.3. The van der Waals surface area contributed by atoms with Gasteiger partial charge in [-0.05, 0) is 101 Å². The molecule has 0 radical (unpaired) electrons. The van der Waals surface area contributed by atoms with Gasteiger partial charge in [0.25, 0.3) is 0 Å². The van der Waals surface area contributed by atoms with Crippen molar-refractivity contribution < 1.29 is 14.2 Å². The summed E-state index contributed by atoms with van der Waals surface area (Å²) < 4.78 is 29.9. The van der Waals surface area contributed by atoms with Crippen molar-refractivity contribution in [1.29, 1.82) is 10.5 Å². The van der Waals surface area contributed by atoms with Gasteiger partial charge in [-0.15, -0.1) is 68.0 Å². The SMILES string of the molecule is [C-]#[N+]C1=C(c2cc3sc4c(c3s2)OC(CCCCCC)(CCCCCC)c2c-4sc3c4c(sc23)-c2sc3cc(/C=C/c5ccc(N(C)C)cc5)sc3c2OC4(CCCCCC)CCCCCC)C(C)(C)OC1=C(C#N)C#N. The molecule has 9 heterocycles. The fourth-order valence-corrected chi connectivity index (χ4v) is 20.6. The predicted octanol–water partition coefficient (Wildman–Crippen LogP) is 21.9. The lowest BCUT2D eigenvalue weighted by atomic mass is 9.80. The van der Waals surface area contributed by atoms with Crippen LogP contribution in [0.25, 0.3) is 70.3 Å². The molecule has 7 aromatic rings. The molecule has 7 nitrogen and oxygen atoms in total. The first-order valence-corrected chi connectivity index (χ1v) is 33.2. The third-order valence-electron chi connectivity index (χ3n) is 15.9. The second-order valence-corrected chi connectivity index (χ2v) is 28.3. The summed E-state index contributed by atoms with van der Waals surface area (Å²) in [6, 6.07) is 17.3. The van der Waals surface area contributed by atoms with Gasteiger partial charge in [-0.25, -0.2) is 4.85 Å². The molecule has 1 aromatic carbocycles. The van der Waals surface area contributed by atoms with E-state index >= 15 is 0 Å². The highest BCUT2D eigenvalue weighted by atomic mass is 32.1. The molecule has 0 amide bonds. The number of unbranched alkanes of at least 4 members (excludes halogenated alkanes) is 12. The Bertz CT molecular complexity index is 3480. The molecule has 0 bridgehead atoms. The lowest BCUT2D eigenvalue weighted by Gasteiger charge is -2.39. The average molecular weight is 1140 g/mol. The van der Waals surface area contributed by atoms with Gasteiger partial charge >= 0.3 is 0 Å². The molecule has 3 aliphatic heterocycles. The normalized spacial score (nSPS) is 15.7. The molecule has 77 heavy (non-hydrogen) atoms. The van der Waals surface area contributed by atoms with E-state index in [1.807, 2.05) is 82.7 Å². The van der Waals surface area contributed by atoms with Crippen LogP contribution in [0.5, 0.6) is 11.5 Å². The average Bonchev–Trinajstić information content (AvgIpc) is 4.46. The number of fused-ring (bicyclic) bond motifs is 13. The number of hydrogen-bond donors (Lipinski definition) is 0. The molecule has 0 unspecified atom stereocenters. The van der Waals surface area contributed by atoms with E-state index in [0.29, 0.717) is 0 Å². The van der Waals surface area contributed by atoms with Crippen LogP contribution < -0.4 is 14.4 Å². The predicted molar refractivity (Wildman–Crippen MR) is 333 cm³/mol. The van der Waals surface area contributed by atoms with E-state index in [-0.39, 0.29) is 17.0 Å². The van der Waals surface area contributed by atoms with Crippen LogP contribution in [0.1, 0.15) is 196 Å². The number of benzene rings is 1. The fraction of sp³-hybridized carbons (Fsp3) is 0.484. The van der Waals surface area contributed by atoms with Crippen molar-refractivity contribution in [2.45, 2.75) is 187 Å². The maximum atomic E-state index is 9.88. The van der Waals surface area contributed by atoms with Crippen molar-refractivity contribution in [3.63, 3.8) is 0 Å². The van der Waals surface area contributed by atoms with Gasteiger partial charge in [-0.3, -0.25) is 0 Å². The first-order chi connectivity index (χ1) is 37.4. The minimum atomic E-state index is -0.910. The largest absolute Gasteiger partial charge is 0.493 e. The molecule has 0 N–H and O–H groups in total. The zero-order valence-electron chi connectivity index (χ0n) is 46.2. The van der Waals surface area contributed by atoms with Crippen LogP contribution in [0.4, 0.5) is 5.69 Å². The summed E-state index contributed by atoms with van der Waals surface area (Å²) in [7, 11) is 4.17. The Morgan fingerprint density at radius 1 is 0.584 bits per heavy atom. The summed E-state index contributed by atoms with van der Waals surface area (Å²) in [6.07, 6.45) is 27.2. The molecule has 0 fully saturated rings. The molecule has 6 aromatic heterocycles. The molecule has 3 aliphatic rings. The van der Waals surface area contributed by atoms with Crippen LogP contribution >= 0.6 is 68.0 Å². The van der Waals surface area contributed by atoms with E-state index in [1.165, 1.54) is 143 Å².